The first kappa shape index (κ1) is 22.3. The molecule has 1 atom stereocenters. The summed E-state index contributed by atoms with van der Waals surface area (Å²) in [6.07, 6.45) is 2.13. The van der Waals surface area contributed by atoms with Gasteiger partial charge in [0.25, 0.3) is 0 Å². The number of para-hydroxylation sites is 1. The van der Waals surface area contributed by atoms with Crippen molar-refractivity contribution in [1.29, 1.82) is 0 Å². The number of aromatic nitrogens is 2. The van der Waals surface area contributed by atoms with Crippen LogP contribution in [0.2, 0.25) is 0 Å². The monoisotopic (exact) mass is 432 g/mol. The molecule has 0 spiro atoms. The second-order valence-corrected chi connectivity index (χ2v) is 9.80. The van der Waals surface area contributed by atoms with Crippen LogP contribution in [0.4, 0.5) is 0 Å². The third-order valence-electron chi connectivity index (χ3n) is 5.26. The van der Waals surface area contributed by atoms with Crippen molar-refractivity contribution in [3.8, 4) is 5.69 Å². The van der Waals surface area contributed by atoms with Crippen LogP contribution < -0.4 is 10.6 Å². The van der Waals surface area contributed by atoms with Gasteiger partial charge in [-0.25, -0.2) is 22.4 Å². The number of sulfonamides is 1. The van der Waals surface area contributed by atoms with Gasteiger partial charge in [-0.05, 0) is 50.8 Å². The summed E-state index contributed by atoms with van der Waals surface area (Å²) >= 11 is 0. The molecule has 0 amide bonds. The van der Waals surface area contributed by atoms with E-state index in [2.05, 4.69) is 33.9 Å². The highest BCUT2D eigenvalue weighted by Gasteiger charge is 2.28. The Hall–Kier alpha value is -2.39. The second-order valence-electron chi connectivity index (χ2n) is 7.82. The molecule has 2 heterocycles. The molecule has 1 fully saturated rings. The zero-order valence-electron chi connectivity index (χ0n) is 18.2. The topological polar surface area (TPSA) is 91.6 Å². The largest absolute Gasteiger partial charge is 0.357 e. The van der Waals surface area contributed by atoms with Crippen molar-refractivity contribution in [3.05, 3.63) is 47.3 Å². The maximum absolute atomic E-state index is 11.7. The molecule has 2 aromatic rings. The lowest BCUT2D eigenvalue weighted by Gasteiger charge is -2.16. The number of nitrogens with zero attached hydrogens (tertiary/aromatic N) is 4. The van der Waals surface area contributed by atoms with Crippen LogP contribution in [0.1, 0.15) is 30.3 Å². The Morgan fingerprint density at radius 2 is 2.03 bits per heavy atom. The number of aryl methyl sites for hydroxylation is 2. The highest BCUT2D eigenvalue weighted by Crippen LogP contribution is 2.19. The number of hydrogen-bond acceptors (Lipinski definition) is 4. The Bertz CT molecular complexity index is 999. The van der Waals surface area contributed by atoms with Crippen LogP contribution in [0.15, 0.2) is 35.3 Å². The zero-order valence-corrected chi connectivity index (χ0v) is 19.0. The molecule has 1 aromatic heterocycles. The van der Waals surface area contributed by atoms with Crippen LogP contribution in [0.5, 0.6) is 0 Å². The van der Waals surface area contributed by atoms with Gasteiger partial charge in [-0.2, -0.15) is 5.10 Å². The van der Waals surface area contributed by atoms with Crippen LogP contribution in [-0.2, 0) is 16.6 Å². The molecule has 2 N–H and O–H groups in total. The number of aliphatic imine (C=N–C) groups is 1. The van der Waals surface area contributed by atoms with E-state index in [1.807, 2.05) is 37.6 Å². The number of hydrogen-bond donors (Lipinski definition) is 2. The third-order valence-corrected chi connectivity index (χ3v) is 6.53. The van der Waals surface area contributed by atoms with Gasteiger partial charge in [-0.15, -0.1) is 0 Å². The van der Waals surface area contributed by atoms with Gasteiger partial charge in [0, 0.05) is 31.9 Å². The lowest BCUT2D eigenvalue weighted by molar-refractivity contribution is 0.459. The van der Waals surface area contributed by atoms with Gasteiger partial charge >= 0.3 is 0 Å². The van der Waals surface area contributed by atoms with Crippen LogP contribution in [0.3, 0.4) is 0 Å². The molecule has 1 aliphatic rings. The predicted octanol–water partition coefficient (Wildman–Crippen LogP) is 1.83. The van der Waals surface area contributed by atoms with E-state index in [-0.39, 0.29) is 5.92 Å². The maximum Gasteiger partial charge on any atom is 0.211 e. The van der Waals surface area contributed by atoms with E-state index in [1.165, 1.54) is 6.26 Å². The van der Waals surface area contributed by atoms with Crippen molar-refractivity contribution in [1.82, 2.24) is 24.7 Å². The fraction of sp³-hybridized carbons (Fsp3) is 0.524. The van der Waals surface area contributed by atoms with Gasteiger partial charge in [-0.3, -0.25) is 0 Å². The van der Waals surface area contributed by atoms with Gasteiger partial charge in [0.1, 0.15) is 0 Å². The highest BCUT2D eigenvalue weighted by molar-refractivity contribution is 7.88. The van der Waals surface area contributed by atoms with E-state index in [0.29, 0.717) is 26.2 Å². The normalized spacial score (nSPS) is 18.0. The standard InChI is InChI=1S/C21H32N6O2S/c1-5-22-21(23-13-18-10-11-26(15-18)30(4,28)29)24-14-19-8-6-7-9-20(19)27-17(3)12-16(2)25-27/h6-9,12,18H,5,10-11,13-15H2,1-4H3,(H2,22,23,24). The summed E-state index contributed by atoms with van der Waals surface area (Å²) < 4.78 is 26.9. The molecule has 1 aromatic carbocycles. The summed E-state index contributed by atoms with van der Waals surface area (Å²) in [6.45, 7) is 9.19. The molecule has 1 unspecified atom stereocenters. The molecule has 0 radical (unpaired) electrons. The van der Waals surface area contributed by atoms with Crippen molar-refractivity contribution in [3.63, 3.8) is 0 Å². The van der Waals surface area contributed by atoms with Crippen molar-refractivity contribution < 1.29 is 8.42 Å². The number of rotatable bonds is 7. The van der Waals surface area contributed by atoms with Gasteiger partial charge in [0.05, 0.1) is 24.2 Å². The first-order chi connectivity index (χ1) is 14.3. The van der Waals surface area contributed by atoms with Crippen LogP contribution in [-0.4, -0.2) is 60.9 Å². The van der Waals surface area contributed by atoms with Crippen LogP contribution in [0, 0.1) is 19.8 Å². The Labute approximate surface area is 179 Å². The molecular weight excluding hydrogens is 400 g/mol. The Morgan fingerprint density at radius 1 is 1.27 bits per heavy atom. The lowest BCUT2D eigenvalue weighted by atomic mass is 10.1. The smallest absolute Gasteiger partial charge is 0.211 e. The third kappa shape index (κ3) is 5.60. The number of nitrogens with one attached hydrogen (secondary N) is 2. The van der Waals surface area contributed by atoms with Crippen molar-refractivity contribution in [2.75, 3.05) is 32.4 Å². The van der Waals surface area contributed by atoms with Gasteiger partial charge < -0.3 is 10.6 Å². The molecule has 0 aliphatic carbocycles. The Kier molecular flexibility index (Phi) is 7.14. The molecule has 0 saturated carbocycles. The van der Waals surface area contributed by atoms with E-state index in [4.69, 9.17) is 4.99 Å². The molecular formula is C21H32N6O2S. The second kappa shape index (κ2) is 9.61. The van der Waals surface area contributed by atoms with Crippen LogP contribution >= 0.6 is 0 Å². The minimum atomic E-state index is -3.11. The molecule has 0 bridgehead atoms. The highest BCUT2D eigenvalue weighted by atomic mass is 32.2. The van der Waals surface area contributed by atoms with E-state index in [9.17, 15) is 8.42 Å². The first-order valence-electron chi connectivity index (χ1n) is 10.4. The fourth-order valence-corrected chi connectivity index (χ4v) is 4.65. The average Bonchev–Trinajstić information content (AvgIpc) is 3.30. The molecule has 30 heavy (non-hydrogen) atoms. The maximum atomic E-state index is 11.7. The van der Waals surface area contributed by atoms with E-state index < -0.39 is 10.0 Å². The van der Waals surface area contributed by atoms with Gasteiger partial charge in [-0.1, -0.05) is 18.2 Å². The molecule has 1 saturated heterocycles. The summed E-state index contributed by atoms with van der Waals surface area (Å²) in [5.41, 5.74) is 4.19. The fourth-order valence-electron chi connectivity index (χ4n) is 3.74. The lowest BCUT2D eigenvalue weighted by Crippen LogP contribution is -2.40. The molecule has 9 heteroatoms. The average molecular weight is 433 g/mol. The molecule has 8 nitrogen and oxygen atoms in total. The van der Waals surface area contributed by atoms with E-state index in [1.54, 1.807) is 4.31 Å². The minimum absolute atomic E-state index is 0.283. The number of guanidine groups is 1. The quantitative estimate of drug-likeness (QED) is 0.514. The molecule has 164 valence electrons. The summed E-state index contributed by atoms with van der Waals surface area (Å²) in [7, 11) is -3.11. The van der Waals surface area contributed by atoms with Gasteiger partial charge in [0.15, 0.2) is 5.96 Å². The predicted molar refractivity (Wildman–Crippen MR) is 120 cm³/mol. The zero-order chi connectivity index (χ0) is 21.7. The van der Waals surface area contributed by atoms with E-state index in [0.717, 1.165) is 41.6 Å². The van der Waals surface area contributed by atoms with Crippen molar-refractivity contribution in [2.24, 2.45) is 10.9 Å². The first-order valence-corrected chi connectivity index (χ1v) is 12.2. The summed E-state index contributed by atoms with van der Waals surface area (Å²) in [4.78, 5) is 4.76. The SMILES string of the molecule is CCNC(=NCc1ccccc1-n1nc(C)cc1C)NCC1CCN(S(C)(=O)=O)C1. The van der Waals surface area contributed by atoms with Crippen molar-refractivity contribution in [2.45, 2.75) is 33.7 Å². The van der Waals surface area contributed by atoms with E-state index >= 15 is 0 Å². The van der Waals surface area contributed by atoms with Gasteiger partial charge in [0.2, 0.25) is 10.0 Å². The molecule has 3 rings (SSSR count). The number of benzene rings is 1. The Morgan fingerprint density at radius 3 is 2.67 bits per heavy atom. The Balaban J connectivity index is 1.68. The van der Waals surface area contributed by atoms with Crippen LogP contribution in [0.25, 0.3) is 5.69 Å². The van der Waals surface area contributed by atoms with Crippen molar-refractivity contribution >= 4 is 16.0 Å². The summed E-state index contributed by atoms with van der Waals surface area (Å²) in [5.74, 6) is 1.02. The minimum Gasteiger partial charge on any atom is -0.357 e. The summed E-state index contributed by atoms with van der Waals surface area (Å²) in [5, 5.41) is 11.3. The molecule has 1 aliphatic heterocycles. The summed E-state index contributed by atoms with van der Waals surface area (Å²) in [6, 6.07) is 10.2.